The minimum Gasteiger partial charge on any atom is -0.491 e. The van der Waals surface area contributed by atoms with E-state index in [9.17, 15) is 4.79 Å². The van der Waals surface area contributed by atoms with Crippen LogP contribution in [0.5, 0.6) is 5.75 Å². The van der Waals surface area contributed by atoms with Crippen LogP contribution in [0, 0.1) is 17.8 Å². The molecule has 4 rings (SSSR count). The summed E-state index contributed by atoms with van der Waals surface area (Å²) in [5.74, 6) is 7.63. The molecule has 1 aliphatic carbocycles. The zero-order chi connectivity index (χ0) is 19.3. The minimum absolute atomic E-state index is 0.0675. The Morgan fingerprint density at radius 2 is 2.04 bits per heavy atom. The molecule has 1 saturated heterocycles. The van der Waals surface area contributed by atoms with E-state index in [2.05, 4.69) is 11.8 Å². The highest BCUT2D eigenvalue weighted by Crippen LogP contribution is 2.27. The summed E-state index contributed by atoms with van der Waals surface area (Å²) < 4.78 is 18.3. The zero-order valence-corrected chi connectivity index (χ0v) is 16.1. The highest BCUT2D eigenvalue weighted by atomic mass is 16.6. The number of hydrogen-bond donors (Lipinski definition) is 0. The second-order valence-electron chi connectivity index (χ2n) is 7.33. The summed E-state index contributed by atoms with van der Waals surface area (Å²) in [6.07, 6.45) is 4.15. The average molecular weight is 379 g/mol. The predicted molar refractivity (Wildman–Crippen MR) is 107 cm³/mol. The van der Waals surface area contributed by atoms with E-state index in [0.29, 0.717) is 38.1 Å². The SMILES string of the molecule is CC(c1ccc(C#CC2CC2)cc1)n1ccc(OCC2COCCO2)cc1=O. The summed E-state index contributed by atoms with van der Waals surface area (Å²) in [4.78, 5) is 12.6. The molecule has 146 valence electrons. The Morgan fingerprint density at radius 1 is 1.21 bits per heavy atom. The molecule has 2 heterocycles. The first-order chi connectivity index (χ1) is 13.7. The van der Waals surface area contributed by atoms with Crippen LogP contribution < -0.4 is 10.3 Å². The summed E-state index contributed by atoms with van der Waals surface area (Å²) in [5.41, 5.74) is 2.00. The molecule has 0 bridgehead atoms. The first-order valence-electron chi connectivity index (χ1n) is 9.85. The second kappa shape index (κ2) is 8.64. The van der Waals surface area contributed by atoms with Gasteiger partial charge in [-0.1, -0.05) is 24.0 Å². The molecule has 2 atom stereocenters. The maximum Gasteiger partial charge on any atom is 0.254 e. The second-order valence-corrected chi connectivity index (χ2v) is 7.33. The van der Waals surface area contributed by atoms with E-state index in [1.165, 1.54) is 18.9 Å². The third kappa shape index (κ3) is 4.83. The molecule has 5 heteroatoms. The van der Waals surface area contributed by atoms with Crippen molar-refractivity contribution in [2.24, 2.45) is 5.92 Å². The molecule has 0 N–H and O–H groups in total. The van der Waals surface area contributed by atoms with Gasteiger partial charge in [-0.15, -0.1) is 0 Å². The van der Waals surface area contributed by atoms with Crippen molar-refractivity contribution in [2.75, 3.05) is 26.4 Å². The summed E-state index contributed by atoms with van der Waals surface area (Å²) in [6.45, 7) is 4.12. The molecule has 0 spiro atoms. The van der Waals surface area contributed by atoms with E-state index < -0.39 is 0 Å². The van der Waals surface area contributed by atoms with Gasteiger partial charge in [0.2, 0.25) is 0 Å². The maximum absolute atomic E-state index is 12.6. The van der Waals surface area contributed by atoms with E-state index in [1.54, 1.807) is 10.8 Å². The van der Waals surface area contributed by atoms with E-state index in [-0.39, 0.29) is 17.7 Å². The van der Waals surface area contributed by atoms with Crippen molar-refractivity contribution in [3.8, 4) is 17.6 Å². The van der Waals surface area contributed by atoms with Crippen LogP contribution in [0.4, 0.5) is 0 Å². The summed E-state index contributed by atoms with van der Waals surface area (Å²) >= 11 is 0. The molecule has 0 radical (unpaired) electrons. The van der Waals surface area contributed by atoms with E-state index in [4.69, 9.17) is 14.2 Å². The zero-order valence-electron chi connectivity index (χ0n) is 16.1. The lowest BCUT2D eigenvalue weighted by atomic mass is 10.1. The number of ether oxygens (including phenoxy) is 3. The summed E-state index contributed by atoms with van der Waals surface area (Å²) in [6, 6.07) is 11.4. The number of rotatable bonds is 5. The fourth-order valence-electron chi connectivity index (χ4n) is 3.12. The molecule has 2 aliphatic rings. The Kier molecular flexibility index (Phi) is 5.80. The van der Waals surface area contributed by atoms with Gasteiger partial charge in [-0.2, -0.15) is 0 Å². The van der Waals surface area contributed by atoms with Gasteiger partial charge in [-0.05, 0) is 43.5 Å². The Balaban J connectivity index is 1.40. The number of hydrogen-bond acceptors (Lipinski definition) is 4. The van der Waals surface area contributed by atoms with Crippen LogP contribution in [-0.2, 0) is 9.47 Å². The highest BCUT2D eigenvalue weighted by molar-refractivity contribution is 5.38. The molecule has 2 aromatic rings. The normalized spacial score (nSPS) is 20.1. The van der Waals surface area contributed by atoms with Crippen molar-refractivity contribution in [1.29, 1.82) is 0 Å². The Bertz CT molecular complexity index is 912. The third-order valence-corrected chi connectivity index (χ3v) is 5.05. The van der Waals surface area contributed by atoms with Gasteiger partial charge in [0.05, 0.1) is 25.9 Å². The fraction of sp³-hybridized carbons (Fsp3) is 0.435. The first-order valence-corrected chi connectivity index (χ1v) is 9.85. The lowest BCUT2D eigenvalue weighted by Gasteiger charge is -2.23. The van der Waals surface area contributed by atoms with Gasteiger partial charge >= 0.3 is 0 Å². The smallest absolute Gasteiger partial charge is 0.254 e. The standard InChI is InChI=1S/C23H25NO4/c1-17(20-8-6-19(7-9-20)5-4-18-2-3-18)24-11-10-21(14-23(24)25)28-16-22-15-26-12-13-27-22/h6-11,14,17-18,22H,2-3,12-13,15-16H2,1H3. The van der Waals surface area contributed by atoms with Crippen molar-refractivity contribution >= 4 is 0 Å². The Hall–Kier alpha value is -2.55. The van der Waals surface area contributed by atoms with Crippen molar-refractivity contribution in [3.63, 3.8) is 0 Å². The number of aromatic nitrogens is 1. The van der Waals surface area contributed by atoms with Gasteiger partial charge in [0.25, 0.3) is 5.56 Å². The van der Waals surface area contributed by atoms with Crippen molar-refractivity contribution < 1.29 is 14.2 Å². The monoisotopic (exact) mass is 379 g/mol. The van der Waals surface area contributed by atoms with Gasteiger partial charge in [0, 0.05) is 23.7 Å². The van der Waals surface area contributed by atoms with Crippen LogP contribution in [0.1, 0.15) is 36.9 Å². The van der Waals surface area contributed by atoms with E-state index >= 15 is 0 Å². The third-order valence-electron chi connectivity index (χ3n) is 5.05. The highest BCUT2D eigenvalue weighted by Gasteiger charge is 2.18. The topological polar surface area (TPSA) is 49.7 Å². The number of benzene rings is 1. The van der Waals surface area contributed by atoms with Crippen LogP contribution in [-0.4, -0.2) is 37.1 Å². The molecule has 2 fully saturated rings. The number of pyridine rings is 1. The van der Waals surface area contributed by atoms with Crippen LogP contribution in [0.3, 0.4) is 0 Å². The molecule has 2 unspecified atom stereocenters. The average Bonchev–Trinajstić information content (AvgIpc) is 3.56. The quantitative estimate of drug-likeness (QED) is 0.750. The van der Waals surface area contributed by atoms with Crippen molar-refractivity contribution in [3.05, 3.63) is 64.1 Å². The van der Waals surface area contributed by atoms with Crippen LogP contribution in [0.2, 0.25) is 0 Å². The lowest BCUT2D eigenvalue weighted by Crippen LogP contribution is -2.33. The van der Waals surface area contributed by atoms with Crippen molar-refractivity contribution in [1.82, 2.24) is 4.57 Å². The molecule has 5 nitrogen and oxygen atoms in total. The molecule has 28 heavy (non-hydrogen) atoms. The molecule has 1 saturated carbocycles. The summed E-state index contributed by atoms with van der Waals surface area (Å²) in [7, 11) is 0. The molecular weight excluding hydrogens is 354 g/mol. The summed E-state index contributed by atoms with van der Waals surface area (Å²) in [5, 5.41) is 0. The Labute approximate surface area is 165 Å². The van der Waals surface area contributed by atoms with Gasteiger partial charge in [0.15, 0.2) is 0 Å². The van der Waals surface area contributed by atoms with Gasteiger partial charge < -0.3 is 18.8 Å². The van der Waals surface area contributed by atoms with Crippen LogP contribution in [0.25, 0.3) is 0 Å². The van der Waals surface area contributed by atoms with Gasteiger partial charge in [0.1, 0.15) is 18.5 Å². The van der Waals surface area contributed by atoms with E-state index in [1.807, 2.05) is 37.3 Å². The maximum atomic E-state index is 12.6. The Morgan fingerprint density at radius 3 is 2.71 bits per heavy atom. The first kappa shape index (κ1) is 18.8. The van der Waals surface area contributed by atoms with Crippen LogP contribution >= 0.6 is 0 Å². The van der Waals surface area contributed by atoms with Crippen LogP contribution in [0.15, 0.2) is 47.4 Å². The predicted octanol–water partition coefficient (Wildman–Crippen LogP) is 3.01. The van der Waals surface area contributed by atoms with Gasteiger partial charge in [-0.3, -0.25) is 4.79 Å². The number of nitrogens with zero attached hydrogens (tertiary/aromatic N) is 1. The van der Waals surface area contributed by atoms with Gasteiger partial charge in [-0.25, -0.2) is 0 Å². The minimum atomic E-state index is -0.0941. The lowest BCUT2D eigenvalue weighted by molar-refractivity contribution is -0.101. The largest absolute Gasteiger partial charge is 0.491 e. The molecule has 0 amide bonds. The van der Waals surface area contributed by atoms with Crippen molar-refractivity contribution in [2.45, 2.75) is 31.9 Å². The molecular formula is C23H25NO4. The van der Waals surface area contributed by atoms with E-state index in [0.717, 1.165) is 11.1 Å². The fourth-order valence-corrected chi connectivity index (χ4v) is 3.12. The molecule has 1 aliphatic heterocycles. The molecule has 1 aromatic heterocycles. The molecule has 1 aromatic carbocycles.